The van der Waals surface area contributed by atoms with E-state index in [1.807, 2.05) is 35.2 Å². The number of methoxy groups -OCH3 is 2. The zero-order valence-electron chi connectivity index (χ0n) is 25.2. The summed E-state index contributed by atoms with van der Waals surface area (Å²) in [6, 6.07) is 14.0. The molecule has 1 N–H and O–H groups in total. The number of rotatable bonds is 21. The molecule has 2 rings (SSSR count). The molecule has 7 heteroatoms. The molecule has 0 heterocycles. The molecule has 0 fully saturated rings. The number of ether oxygens (including phenoxy) is 2. The topological polar surface area (TPSA) is 71.1 Å². The zero-order chi connectivity index (χ0) is 29.3. The second-order valence-corrected chi connectivity index (χ2v) is 10.2. The van der Waals surface area contributed by atoms with Crippen molar-refractivity contribution >= 4 is 29.6 Å². The normalized spacial score (nSPS) is 12.5. The van der Waals surface area contributed by atoms with Crippen LogP contribution in [-0.4, -0.2) is 65.8 Å². The second kappa shape index (κ2) is 18.4. The molecule has 2 unspecified atom stereocenters. The quantitative estimate of drug-likeness (QED) is 0.111. The summed E-state index contributed by atoms with van der Waals surface area (Å²) in [5.74, 6) is 0.323. The van der Waals surface area contributed by atoms with Gasteiger partial charge in [-0.3, -0.25) is 10.1 Å². The maximum atomic E-state index is 11.7. The fourth-order valence-corrected chi connectivity index (χ4v) is 4.93. The van der Waals surface area contributed by atoms with Crippen molar-refractivity contribution in [2.45, 2.75) is 65.0 Å². The lowest BCUT2D eigenvalue weighted by Crippen LogP contribution is -2.43. The Balaban J connectivity index is 2.42. The van der Waals surface area contributed by atoms with Crippen molar-refractivity contribution in [3.63, 3.8) is 0 Å². The van der Waals surface area contributed by atoms with Crippen LogP contribution >= 0.6 is 0 Å². The Bertz CT molecular complexity index is 1060. The molecular formula is C33H49N3O4. The molecule has 2 atom stereocenters. The SMILES string of the molecule is C=C(c1cccc(N(CC=O)CC(NCCCCC)OC)c1)N(CCOC)c1cc(C=O)ccc1C(C)CCC. The number of hydrogen-bond donors (Lipinski definition) is 1. The van der Waals surface area contributed by atoms with Crippen molar-refractivity contribution in [2.24, 2.45) is 0 Å². The minimum atomic E-state index is -0.199. The molecule has 0 saturated carbocycles. The molecular weight excluding hydrogens is 502 g/mol. The van der Waals surface area contributed by atoms with Crippen LogP contribution in [0.3, 0.4) is 0 Å². The summed E-state index contributed by atoms with van der Waals surface area (Å²) >= 11 is 0. The zero-order valence-corrected chi connectivity index (χ0v) is 25.2. The van der Waals surface area contributed by atoms with E-state index in [-0.39, 0.29) is 12.8 Å². The van der Waals surface area contributed by atoms with Gasteiger partial charge in [-0.25, -0.2) is 0 Å². The first-order valence-electron chi connectivity index (χ1n) is 14.5. The molecule has 2 aromatic rings. The highest BCUT2D eigenvalue weighted by atomic mass is 16.5. The Morgan fingerprint density at radius 2 is 1.88 bits per heavy atom. The highest BCUT2D eigenvalue weighted by Crippen LogP contribution is 2.35. The summed E-state index contributed by atoms with van der Waals surface area (Å²) in [6.45, 7) is 13.8. The molecule has 0 amide bonds. The van der Waals surface area contributed by atoms with Gasteiger partial charge in [0.05, 0.1) is 19.7 Å². The Hall–Kier alpha value is -3.00. The number of hydrogen-bond acceptors (Lipinski definition) is 7. The Morgan fingerprint density at radius 3 is 2.52 bits per heavy atom. The molecule has 2 aromatic carbocycles. The van der Waals surface area contributed by atoms with Crippen LogP contribution in [-0.2, 0) is 14.3 Å². The number of carbonyl (C=O) groups excluding carboxylic acids is 2. The number of unbranched alkanes of at least 4 members (excludes halogenated alkanes) is 2. The van der Waals surface area contributed by atoms with Gasteiger partial charge in [0.2, 0.25) is 0 Å². The molecule has 220 valence electrons. The number of benzene rings is 2. The van der Waals surface area contributed by atoms with Crippen LogP contribution in [0.1, 0.15) is 80.3 Å². The Kier molecular flexibility index (Phi) is 15.2. The van der Waals surface area contributed by atoms with Crippen molar-refractivity contribution in [3.05, 3.63) is 65.7 Å². The lowest BCUT2D eigenvalue weighted by atomic mass is 9.93. The molecule has 40 heavy (non-hydrogen) atoms. The van der Waals surface area contributed by atoms with Gasteiger partial charge in [-0.1, -0.05) is 70.9 Å². The molecule has 0 aliphatic heterocycles. The minimum Gasteiger partial charge on any atom is -0.383 e. The third-order valence-electron chi connectivity index (χ3n) is 7.24. The molecule has 0 aliphatic carbocycles. The van der Waals surface area contributed by atoms with Crippen LogP contribution in [0.2, 0.25) is 0 Å². The largest absolute Gasteiger partial charge is 0.383 e. The first kappa shape index (κ1) is 33.2. The molecule has 7 nitrogen and oxygen atoms in total. The van der Waals surface area contributed by atoms with Gasteiger partial charge in [0, 0.05) is 43.4 Å². The second-order valence-electron chi connectivity index (χ2n) is 10.2. The Labute approximate surface area is 241 Å². The van der Waals surface area contributed by atoms with Crippen LogP contribution in [0, 0.1) is 0 Å². The molecule has 0 saturated heterocycles. The van der Waals surface area contributed by atoms with E-state index < -0.39 is 0 Å². The van der Waals surface area contributed by atoms with Gasteiger partial charge < -0.3 is 24.1 Å². The lowest BCUT2D eigenvalue weighted by molar-refractivity contribution is -0.106. The highest BCUT2D eigenvalue weighted by Gasteiger charge is 2.21. The van der Waals surface area contributed by atoms with E-state index >= 15 is 0 Å². The summed E-state index contributed by atoms with van der Waals surface area (Å²) in [4.78, 5) is 27.5. The molecule has 0 radical (unpaired) electrons. The van der Waals surface area contributed by atoms with Crippen molar-refractivity contribution in [1.29, 1.82) is 0 Å². The van der Waals surface area contributed by atoms with Crippen LogP contribution in [0.5, 0.6) is 0 Å². The van der Waals surface area contributed by atoms with E-state index in [1.54, 1.807) is 14.2 Å². The number of nitrogens with one attached hydrogen (secondary N) is 1. The number of aldehydes is 2. The van der Waals surface area contributed by atoms with Crippen LogP contribution in [0.4, 0.5) is 11.4 Å². The van der Waals surface area contributed by atoms with Crippen molar-refractivity contribution in [1.82, 2.24) is 5.32 Å². The van der Waals surface area contributed by atoms with Gasteiger partial charge in [0.25, 0.3) is 0 Å². The highest BCUT2D eigenvalue weighted by molar-refractivity contribution is 5.85. The van der Waals surface area contributed by atoms with Crippen LogP contribution < -0.4 is 15.1 Å². The lowest BCUT2D eigenvalue weighted by Gasteiger charge is -2.32. The van der Waals surface area contributed by atoms with Gasteiger partial charge in [0.15, 0.2) is 0 Å². The predicted octanol–water partition coefficient (Wildman–Crippen LogP) is 6.28. The molecule has 0 aromatic heterocycles. The Morgan fingerprint density at radius 1 is 1.07 bits per heavy atom. The summed E-state index contributed by atoms with van der Waals surface area (Å²) in [5.41, 5.74) is 5.43. The molecule has 0 bridgehead atoms. The third-order valence-corrected chi connectivity index (χ3v) is 7.24. The van der Waals surface area contributed by atoms with Gasteiger partial charge >= 0.3 is 0 Å². The van der Waals surface area contributed by atoms with Crippen molar-refractivity contribution < 1.29 is 19.1 Å². The summed E-state index contributed by atoms with van der Waals surface area (Å²) in [7, 11) is 3.37. The maximum Gasteiger partial charge on any atom is 0.150 e. The van der Waals surface area contributed by atoms with E-state index in [9.17, 15) is 9.59 Å². The van der Waals surface area contributed by atoms with E-state index in [0.29, 0.717) is 31.2 Å². The number of anilines is 2. The van der Waals surface area contributed by atoms with Gasteiger partial charge in [-0.05, 0) is 54.6 Å². The predicted molar refractivity (Wildman–Crippen MR) is 166 cm³/mol. The first-order chi connectivity index (χ1) is 19.4. The molecule has 0 spiro atoms. The van der Waals surface area contributed by atoms with Crippen LogP contribution in [0.15, 0.2) is 49.0 Å². The number of nitrogens with zero attached hydrogens (tertiary/aromatic N) is 2. The van der Waals surface area contributed by atoms with Gasteiger partial charge in [-0.2, -0.15) is 0 Å². The first-order valence-corrected chi connectivity index (χ1v) is 14.5. The van der Waals surface area contributed by atoms with Crippen LogP contribution in [0.25, 0.3) is 5.70 Å². The molecule has 0 aliphatic rings. The monoisotopic (exact) mass is 551 g/mol. The number of carbonyl (C=O) groups is 2. The van der Waals surface area contributed by atoms with Gasteiger partial charge in [0.1, 0.15) is 18.8 Å². The van der Waals surface area contributed by atoms with E-state index in [4.69, 9.17) is 9.47 Å². The maximum absolute atomic E-state index is 11.7. The smallest absolute Gasteiger partial charge is 0.150 e. The third kappa shape index (κ3) is 9.88. The van der Waals surface area contributed by atoms with E-state index in [1.165, 1.54) is 12.0 Å². The standard InChI is InChI=1S/C33H49N3O4/c1-7-9-10-17-34-33(40-6)24-35(18-20-37)30-14-11-13-29(23-30)27(4)36(19-21-39-5)32-22-28(25-38)15-16-31(32)26(3)12-8-2/h11,13-16,20,22-23,25-26,33-34H,4,7-10,12,17-19,21,24H2,1-3,5-6H3. The fourth-order valence-electron chi connectivity index (χ4n) is 4.93. The fraction of sp³-hybridized carbons (Fsp3) is 0.515. The van der Waals surface area contributed by atoms with E-state index in [2.05, 4.69) is 49.7 Å². The van der Waals surface area contributed by atoms with E-state index in [0.717, 1.165) is 67.4 Å². The summed E-state index contributed by atoms with van der Waals surface area (Å²) in [5, 5.41) is 3.45. The van der Waals surface area contributed by atoms with Gasteiger partial charge in [-0.15, -0.1) is 0 Å². The summed E-state index contributed by atoms with van der Waals surface area (Å²) < 4.78 is 11.1. The average Bonchev–Trinajstić information content (AvgIpc) is 2.98. The average molecular weight is 552 g/mol. The van der Waals surface area contributed by atoms with Crippen molar-refractivity contribution in [2.75, 3.05) is 56.8 Å². The minimum absolute atomic E-state index is 0.199. The van der Waals surface area contributed by atoms with Crippen molar-refractivity contribution in [3.8, 4) is 0 Å². The summed E-state index contributed by atoms with van der Waals surface area (Å²) in [6.07, 6.45) is 7.13.